The Labute approximate surface area is 246 Å². The first-order valence-electron chi connectivity index (χ1n) is 13.8. The normalized spacial score (nSPS) is 14.4. The molecule has 1 aliphatic heterocycles. The molecule has 4 aromatic carbocycles. The van der Waals surface area contributed by atoms with Crippen molar-refractivity contribution < 1.29 is 22.7 Å². The maximum Gasteiger partial charge on any atom is 0.262 e. The number of fused-ring (bicyclic) bond motifs is 1. The number of benzene rings is 4. The van der Waals surface area contributed by atoms with Crippen LogP contribution in [0.25, 0.3) is 0 Å². The summed E-state index contributed by atoms with van der Waals surface area (Å²) in [4.78, 5) is 28.1. The first-order valence-corrected chi connectivity index (χ1v) is 15.3. The second kappa shape index (κ2) is 12.9. The van der Waals surface area contributed by atoms with Crippen LogP contribution in [0.3, 0.4) is 0 Å². The summed E-state index contributed by atoms with van der Waals surface area (Å²) in [6.45, 7) is 2.50. The van der Waals surface area contributed by atoms with Crippen LogP contribution in [0, 0.1) is 6.92 Å². The number of anilines is 2. The van der Waals surface area contributed by atoms with Gasteiger partial charge in [0.2, 0.25) is 5.91 Å². The Morgan fingerprint density at radius 2 is 1.50 bits per heavy atom. The maximum atomic E-state index is 13.4. The van der Waals surface area contributed by atoms with Crippen LogP contribution in [0.4, 0.5) is 11.4 Å². The van der Waals surface area contributed by atoms with Gasteiger partial charge in [0, 0.05) is 18.7 Å². The number of para-hydroxylation sites is 2. The van der Waals surface area contributed by atoms with Gasteiger partial charge in [0.25, 0.3) is 15.9 Å². The Hall–Kier alpha value is -4.63. The number of sulfonamides is 1. The minimum absolute atomic E-state index is 0.106. The number of ether oxygens (including phenoxy) is 1. The highest BCUT2D eigenvalue weighted by Gasteiger charge is 2.33. The van der Waals surface area contributed by atoms with E-state index < -0.39 is 16.1 Å². The van der Waals surface area contributed by atoms with Gasteiger partial charge in [-0.15, -0.1) is 0 Å². The number of aryl methyl sites for hydroxylation is 2. The Balaban J connectivity index is 1.19. The summed E-state index contributed by atoms with van der Waals surface area (Å²) < 4.78 is 34.1. The van der Waals surface area contributed by atoms with E-state index in [9.17, 15) is 18.0 Å². The van der Waals surface area contributed by atoms with E-state index in [2.05, 4.69) is 10.0 Å². The zero-order chi connectivity index (χ0) is 29.5. The maximum absolute atomic E-state index is 13.4. The fourth-order valence-corrected chi connectivity index (χ4v) is 5.81. The van der Waals surface area contributed by atoms with Gasteiger partial charge in [-0.3, -0.25) is 14.3 Å². The average Bonchev–Trinajstić information content (AvgIpc) is 3.01. The molecule has 0 saturated heterocycles. The third-order valence-corrected chi connectivity index (χ3v) is 8.49. The zero-order valence-electron chi connectivity index (χ0n) is 23.3. The summed E-state index contributed by atoms with van der Waals surface area (Å²) in [5.74, 6) is 0.0656. The highest BCUT2D eigenvalue weighted by Crippen LogP contribution is 2.33. The van der Waals surface area contributed by atoms with Crippen LogP contribution in [-0.4, -0.2) is 39.4 Å². The topological polar surface area (TPSA) is 105 Å². The molecule has 1 aliphatic rings. The molecule has 8 nitrogen and oxygen atoms in total. The lowest BCUT2D eigenvalue weighted by Crippen LogP contribution is -2.51. The van der Waals surface area contributed by atoms with Crippen LogP contribution in [0.1, 0.15) is 23.1 Å². The van der Waals surface area contributed by atoms with Gasteiger partial charge in [-0.25, -0.2) is 8.42 Å². The van der Waals surface area contributed by atoms with E-state index in [4.69, 9.17) is 4.74 Å². The molecule has 216 valence electrons. The minimum atomic E-state index is -3.74. The lowest BCUT2D eigenvalue weighted by atomic mass is 10.1. The molecule has 0 fully saturated rings. The second-order valence-electron chi connectivity index (χ2n) is 10.2. The van der Waals surface area contributed by atoms with Gasteiger partial charge in [-0.05, 0) is 67.3 Å². The Morgan fingerprint density at radius 3 is 2.24 bits per heavy atom. The van der Waals surface area contributed by atoms with Gasteiger partial charge in [0.1, 0.15) is 5.75 Å². The number of carbonyl (C=O) groups is 2. The van der Waals surface area contributed by atoms with E-state index >= 15 is 0 Å². The summed E-state index contributed by atoms with van der Waals surface area (Å²) in [6.07, 6.45) is 0.466. The van der Waals surface area contributed by atoms with Crippen LogP contribution in [0.2, 0.25) is 0 Å². The first-order chi connectivity index (χ1) is 20.3. The number of nitrogens with zero attached hydrogens (tertiary/aromatic N) is 1. The smallest absolute Gasteiger partial charge is 0.262 e. The average molecular weight is 584 g/mol. The van der Waals surface area contributed by atoms with Gasteiger partial charge in [0.05, 0.1) is 17.1 Å². The van der Waals surface area contributed by atoms with Crippen molar-refractivity contribution in [2.45, 2.75) is 37.2 Å². The number of amides is 2. The van der Waals surface area contributed by atoms with Crippen LogP contribution in [-0.2, 0) is 32.5 Å². The summed E-state index contributed by atoms with van der Waals surface area (Å²) in [5, 5.41) is 2.93. The van der Waals surface area contributed by atoms with E-state index in [1.54, 1.807) is 47.4 Å². The van der Waals surface area contributed by atoms with Crippen molar-refractivity contribution in [2.24, 2.45) is 0 Å². The van der Waals surface area contributed by atoms with Crippen molar-refractivity contribution in [1.82, 2.24) is 5.32 Å². The summed E-state index contributed by atoms with van der Waals surface area (Å²) in [7, 11) is -3.74. The quantitative estimate of drug-likeness (QED) is 0.277. The SMILES string of the molecule is Cc1ccc(NS(=O)(=O)c2ccc(CCC(=O)N3C[C@H](C(=O)NCCc4ccccc4)Oc4ccccc43)cc2)cc1. The number of hydrogen-bond donors (Lipinski definition) is 2. The van der Waals surface area contributed by atoms with Crippen molar-refractivity contribution in [3.05, 3.63) is 120 Å². The molecular weight excluding hydrogens is 550 g/mol. The van der Waals surface area contributed by atoms with E-state index in [-0.39, 0.29) is 29.7 Å². The van der Waals surface area contributed by atoms with Crippen LogP contribution < -0.4 is 19.7 Å². The molecule has 0 aromatic heterocycles. The molecule has 1 atom stereocenters. The number of nitrogens with one attached hydrogen (secondary N) is 2. The Morgan fingerprint density at radius 1 is 0.833 bits per heavy atom. The van der Waals surface area contributed by atoms with E-state index in [0.29, 0.717) is 36.5 Å². The van der Waals surface area contributed by atoms with Gasteiger partial charge in [-0.2, -0.15) is 0 Å². The molecule has 2 N–H and O–H groups in total. The molecule has 2 amide bonds. The molecule has 9 heteroatoms. The third kappa shape index (κ3) is 7.16. The van der Waals surface area contributed by atoms with Crippen LogP contribution in [0.15, 0.2) is 108 Å². The summed E-state index contributed by atoms with van der Waals surface area (Å²) >= 11 is 0. The zero-order valence-corrected chi connectivity index (χ0v) is 24.1. The molecule has 0 spiro atoms. The fraction of sp³-hybridized carbons (Fsp3) is 0.212. The Bertz CT molecular complexity index is 1640. The highest BCUT2D eigenvalue weighted by molar-refractivity contribution is 7.92. The minimum Gasteiger partial charge on any atom is -0.477 e. The van der Waals surface area contributed by atoms with E-state index in [1.165, 1.54) is 12.1 Å². The molecule has 4 aromatic rings. The second-order valence-corrected chi connectivity index (χ2v) is 11.9. The molecule has 0 bridgehead atoms. The molecule has 0 saturated carbocycles. The molecule has 42 heavy (non-hydrogen) atoms. The van der Waals surface area contributed by atoms with E-state index in [1.807, 2.05) is 55.5 Å². The van der Waals surface area contributed by atoms with Crippen molar-refractivity contribution in [1.29, 1.82) is 0 Å². The van der Waals surface area contributed by atoms with Crippen LogP contribution >= 0.6 is 0 Å². The monoisotopic (exact) mass is 583 g/mol. The predicted molar refractivity (Wildman–Crippen MR) is 163 cm³/mol. The van der Waals surface area contributed by atoms with Crippen molar-refractivity contribution >= 4 is 33.2 Å². The van der Waals surface area contributed by atoms with Crippen molar-refractivity contribution in [2.75, 3.05) is 22.7 Å². The first kappa shape index (κ1) is 28.9. The van der Waals surface area contributed by atoms with Gasteiger partial charge in [-0.1, -0.05) is 72.3 Å². The van der Waals surface area contributed by atoms with Gasteiger partial charge >= 0.3 is 0 Å². The lowest BCUT2D eigenvalue weighted by molar-refractivity contribution is -0.128. The standard InChI is InChI=1S/C33H33N3O5S/c1-24-11-16-27(17-12-24)35-42(39,40)28-18-13-26(14-19-28)15-20-32(37)36-23-31(41-30-10-6-5-9-29(30)36)33(38)34-22-21-25-7-3-2-4-8-25/h2-14,16-19,31,35H,15,20-23H2,1H3,(H,34,38)/t31-/m1/s1. The Kier molecular flexibility index (Phi) is 8.88. The van der Waals surface area contributed by atoms with Gasteiger partial charge < -0.3 is 15.0 Å². The molecular formula is C33H33N3O5S. The van der Waals surface area contributed by atoms with Gasteiger partial charge in [0.15, 0.2) is 6.10 Å². The number of hydrogen-bond acceptors (Lipinski definition) is 5. The predicted octanol–water partition coefficient (Wildman–Crippen LogP) is 4.88. The molecule has 1 heterocycles. The fourth-order valence-electron chi connectivity index (χ4n) is 4.75. The summed E-state index contributed by atoms with van der Waals surface area (Å²) in [5.41, 5.74) is 4.10. The number of rotatable bonds is 10. The van der Waals surface area contributed by atoms with Crippen molar-refractivity contribution in [3.8, 4) is 5.75 Å². The van der Waals surface area contributed by atoms with Crippen LogP contribution in [0.5, 0.6) is 5.75 Å². The largest absolute Gasteiger partial charge is 0.477 e. The molecule has 5 rings (SSSR count). The van der Waals surface area contributed by atoms with Crippen molar-refractivity contribution in [3.63, 3.8) is 0 Å². The highest BCUT2D eigenvalue weighted by atomic mass is 32.2. The molecule has 0 aliphatic carbocycles. The van der Waals surface area contributed by atoms with E-state index in [0.717, 1.165) is 16.7 Å². The number of carbonyl (C=O) groups excluding carboxylic acids is 2. The summed E-state index contributed by atoms with van der Waals surface area (Å²) in [6, 6.07) is 30.7. The third-order valence-electron chi connectivity index (χ3n) is 7.09. The molecule has 0 radical (unpaired) electrons. The molecule has 0 unspecified atom stereocenters. The lowest BCUT2D eigenvalue weighted by Gasteiger charge is -2.34.